The molecule has 0 aliphatic rings. The van der Waals surface area contributed by atoms with Gasteiger partial charge in [-0.25, -0.2) is 16.8 Å². The van der Waals surface area contributed by atoms with E-state index in [1.165, 1.54) is 12.2 Å². The number of esters is 2. The molecule has 140 valence electrons. The molecular weight excluding hydrogens is 408 g/mol. The topological polar surface area (TPSA) is 167 Å². The van der Waals surface area contributed by atoms with Gasteiger partial charge in [-0.05, 0) is 13.8 Å². The molecule has 0 aromatic rings. The summed E-state index contributed by atoms with van der Waals surface area (Å²) >= 11 is 0. The zero-order valence-electron chi connectivity index (χ0n) is 13.7. The second-order valence-electron chi connectivity index (χ2n) is 3.94. The number of allylic oxidation sites excluding steroid dienone is 2. The van der Waals surface area contributed by atoms with E-state index >= 15 is 0 Å². The molecule has 25 heavy (non-hydrogen) atoms. The van der Waals surface area contributed by atoms with Gasteiger partial charge in [-0.1, -0.05) is 12.2 Å². The number of ether oxygens (including phenoxy) is 2. The van der Waals surface area contributed by atoms with Crippen LogP contribution in [0.3, 0.4) is 0 Å². The van der Waals surface area contributed by atoms with Gasteiger partial charge in [0.1, 0.15) is 0 Å². The first-order valence-electron chi connectivity index (χ1n) is 6.39. The first-order valence-corrected chi connectivity index (χ1v) is 9.55. The van der Waals surface area contributed by atoms with Gasteiger partial charge in [0.2, 0.25) is 0 Å². The molecule has 0 aliphatic heterocycles. The summed E-state index contributed by atoms with van der Waals surface area (Å²) in [4.78, 5) is 21.1. The molecule has 0 fully saturated rings. The van der Waals surface area contributed by atoms with Crippen molar-refractivity contribution < 1.29 is 45.0 Å². The molecule has 0 unspecified atom stereocenters. The maximum Gasteiger partial charge on any atom is 2.00 e. The molecule has 0 aromatic carbocycles. The molecule has 0 N–H and O–H groups in total. The Morgan fingerprint density at radius 2 is 1.08 bits per heavy atom. The van der Waals surface area contributed by atoms with Crippen LogP contribution in [0.15, 0.2) is 24.7 Å². The summed E-state index contributed by atoms with van der Waals surface area (Å²) in [5.74, 6) is -2.90. The SMILES string of the molecule is C/C=C/OC(=O)CCS(=O)(=O)[O-].C/C=C/OC(=O)CCS(=O)(=O)[O-].[Ca+2]. The maximum absolute atomic E-state index is 10.6. The quantitative estimate of drug-likeness (QED) is 0.216. The standard InChI is InChI=1S/2C6H10O5S.Ca/c2*1-2-4-11-6(7)3-5-12(8,9)10;/h2*2,4H,3,5H2,1H3,(H,8,9,10);/q;;+2/p-2/b2*4-2+;. The summed E-state index contributed by atoms with van der Waals surface area (Å²) in [5, 5.41) is 0. The van der Waals surface area contributed by atoms with Gasteiger partial charge in [0.25, 0.3) is 0 Å². The molecule has 0 saturated carbocycles. The van der Waals surface area contributed by atoms with E-state index in [4.69, 9.17) is 0 Å². The van der Waals surface area contributed by atoms with Crippen molar-refractivity contribution in [3.63, 3.8) is 0 Å². The molecule has 0 aliphatic carbocycles. The minimum atomic E-state index is -4.32. The van der Waals surface area contributed by atoms with Crippen molar-refractivity contribution in [3.8, 4) is 0 Å². The van der Waals surface area contributed by atoms with Crippen LogP contribution < -0.4 is 0 Å². The predicted octanol–water partition coefficient (Wildman–Crippen LogP) is -0.384. The van der Waals surface area contributed by atoms with Gasteiger partial charge >= 0.3 is 49.7 Å². The van der Waals surface area contributed by atoms with Crippen molar-refractivity contribution >= 4 is 69.9 Å². The molecule has 0 radical (unpaired) electrons. The fourth-order valence-electron chi connectivity index (χ4n) is 0.822. The average molecular weight is 426 g/mol. The van der Waals surface area contributed by atoms with Crippen molar-refractivity contribution in [3.05, 3.63) is 24.7 Å². The molecule has 0 amide bonds. The van der Waals surface area contributed by atoms with Crippen LogP contribution in [-0.4, -0.2) is 87.1 Å². The maximum atomic E-state index is 10.6. The second-order valence-corrected chi connectivity index (χ2v) is 6.99. The Morgan fingerprint density at radius 1 is 0.800 bits per heavy atom. The summed E-state index contributed by atoms with van der Waals surface area (Å²) in [6.07, 6.45) is 4.39. The van der Waals surface area contributed by atoms with Crippen LogP contribution in [0.25, 0.3) is 0 Å². The Labute approximate surface area is 176 Å². The van der Waals surface area contributed by atoms with Crippen LogP contribution in [-0.2, 0) is 39.3 Å². The fraction of sp³-hybridized carbons (Fsp3) is 0.500. The van der Waals surface area contributed by atoms with Crippen LogP contribution >= 0.6 is 0 Å². The van der Waals surface area contributed by atoms with Crippen LogP contribution in [0.5, 0.6) is 0 Å². The van der Waals surface area contributed by atoms with Gasteiger partial charge in [-0.2, -0.15) is 0 Å². The van der Waals surface area contributed by atoms with Crippen molar-refractivity contribution in [2.45, 2.75) is 26.7 Å². The number of rotatable bonds is 8. The molecule has 0 saturated heterocycles. The van der Waals surface area contributed by atoms with Crippen LogP contribution in [0.4, 0.5) is 0 Å². The molecular formula is C12H18CaO10S2. The first kappa shape index (κ1) is 29.3. The summed E-state index contributed by atoms with van der Waals surface area (Å²) in [6, 6.07) is 0. The third-order valence-electron chi connectivity index (χ3n) is 1.78. The van der Waals surface area contributed by atoms with Crippen LogP contribution in [0, 0.1) is 0 Å². The van der Waals surface area contributed by atoms with E-state index in [0.29, 0.717) is 0 Å². The monoisotopic (exact) mass is 426 g/mol. The smallest absolute Gasteiger partial charge is 0.748 e. The summed E-state index contributed by atoms with van der Waals surface area (Å²) < 4.78 is 68.9. The van der Waals surface area contributed by atoms with E-state index in [2.05, 4.69) is 9.47 Å². The molecule has 0 rings (SSSR count). The Balaban J connectivity index is -0.000000372. The number of hydrogen-bond donors (Lipinski definition) is 0. The molecule has 0 spiro atoms. The van der Waals surface area contributed by atoms with E-state index < -0.39 is 56.5 Å². The molecule has 13 heteroatoms. The van der Waals surface area contributed by atoms with E-state index in [9.17, 15) is 35.5 Å². The summed E-state index contributed by atoms with van der Waals surface area (Å²) in [5.41, 5.74) is 0. The van der Waals surface area contributed by atoms with E-state index in [1.807, 2.05) is 0 Å². The van der Waals surface area contributed by atoms with Gasteiger partial charge in [0.05, 0.1) is 45.6 Å². The minimum Gasteiger partial charge on any atom is -0.748 e. The van der Waals surface area contributed by atoms with Crippen LogP contribution in [0.1, 0.15) is 26.7 Å². The Morgan fingerprint density at radius 3 is 1.28 bits per heavy atom. The van der Waals surface area contributed by atoms with E-state index in [-0.39, 0.29) is 37.7 Å². The Hall–Kier alpha value is -0.500. The zero-order valence-corrected chi connectivity index (χ0v) is 17.6. The Bertz CT molecular complexity index is 591. The normalized spacial score (nSPS) is 11.4. The average Bonchev–Trinajstić information content (AvgIpc) is 2.46. The molecule has 10 nitrogen and oxygen atoms in total. The summed E-state index contributed by atoms with van der Waals surface area (Å²) in [6.45, 7) is 3.27. The minimum absolute atomic E-state index is 0. The Kier molecular flexibility index (Phi) is 18.4. The largest absolute Gasteiger partial charge is 2.00 e. The van der Waals surface area contributed by atoms with E-state index in [0.717, 1.165) is 12.5 Å². The second kappa shape index (κ2) is 15.7. The molecule has 0 heterocycles. The van der Waals surface area contributed by atoms with Gasteiger partial charge in [-0.3, -0.25) is 9.59 Å². The zero-order chi connectivity index (χ0) is 19.2. The van der Waals surface area contributed by atoms with Crippen molar-refractivity contribution in [1.29, 1.82) is 0 Å². The number of carbonyl (C=O) groups excluding carboxylic acids is 2. The van der Waals surface area contributed by atoms with Crippen molar-refractivity contribution in [2.75, 3.05) is 11.5 Å². The molecule has 0 bridgehead atoms. The first-order chi connectivity index (χ1) is 10.9. The van der Waals surface area contributed by atoms with Crippen molar-refractivity contribution in [2.24, 2.45) is 0 Å². The van der Waals surface area contributed by atoms with Crippen molar-refractivity contribution in [1.82, 2.24) is 0 Å². The third-order valence-corrected chi connectivity index (χ3v) is 3.19. The fourth-order valence-corrected chi connectivity index (χ4v) is 1.66. The molecule has 0 atom stereocenters. The van der Waals surface area contributed by atoms with Gasteiger partial charge in [-0.15, -0.1) is 0 Å². The predicted molar refractivity (Wildman–Crippen MR) is 85.9 cm³/mol. The van der Waals surface area contributed by atoms with Gasteiger partial charge < -0.3 is 18.6 Å². The van der Waals surface area contributed by atoms with Gasteiger partial charge in [0.15, 0.2) is 0 Å². The third kappa shape index (κ3) is 28.6. The molecule has 0 aromatic heterocycles. The summed E-state index contributed by atoms with van der Waals surface area (Å²) in [7, 11) is -8.64. The van der Waals surface area contributed by atoms with Gasteiger partial charge in [0, 0.05) is 11.5 Å². The van der Waals surface area contributed by atoms with E-state index in [1.54, 1.807) is 13.8 Å². The number of hydrogen-bond acceptors (Lipinski definition) is 10. The number of carbonyl (C=O) groups is 2. The van der Waals surface area contributed by atoms with Crippen LogP contribution in [0.2, 0.25) is 0 Å².